The Morgan fingerprint density at radius 2 is 1.85 bits per heavy atom. The van der Waals surface area contributed by atoms with Crippen LogP contribution in [0.1, 0.15) is 23.5 Å². The van der Waals surface area contributed by atoms with Gasteiger partial charge in [-0.15, -0.1) is 0 Å². The van der Waals surface area contributed by atoms with Crippen molar-refractivity contribution in [2.45, 2.75) is 18.8 Å². The van der Waals surface area contributed by atoms with Gasteiger partial charge in [-0.3, -0.25) is 9.59 Å². The predicted molar refractivity (Wildman–Crippen MR) is 73.8 cm³/mol. The summed E-state index contributed by atoms with van der Waals surface area (Å²) in [5, 5.41) is 20.5. The standard InChI is InChI=1S/C16H14O4/c17-14(18)8-13(16(19)20)12-7-10-5-1-3-9-4-2-6-11(12)15(9)10/h1-6,12-13H,7-8H2,(H,17,18)(H,19,20)/t12-,13+/m1/s1. The molecule has 20 heavy (non-hydrogen) atoms. The molecule has 0 unspecified atom stereocenters. The molecule has 1 aliphatic carbocycles. The first kappa shape index (κ1) is 12.7. The average molecular weight is 270 g/mol. The lowest BCUT2D eigenvalue weighted by Gasteiger charge is -2.19. The van der Waals surface area contributed by atoms with Gasteiger partial charge in [-0.2, -0.15) is 0 Å². The lowest BCUT2D eigenvalue weighted by atomic mass is 9.84. The maximum atomic E-state index is 11.4. The summed E-state index contributed by atoms with van der Waals surface area (Å²) in [6, 6.07) is 11.8. The zero-order chi connectivity index (χ0) is 14.3. The van der Waals surface area contributed by atoms with Crippen molar-refractivity contribution in [3.63, 3.8) is 0 Å². The van der Waals surface area contributed by atoms with Gasteiger partial charge in [-0.25, -0.2) is 0 Å². The lowest BCUT2D eigenvalue weighted by molar-refractivity contribution is -0.149. The Kier molecular flexibility index (Phi) is 2.93. The average Bonchev–Trinajstić information content (AvgIpc) is 2.77. The highest BCUT2D eigenvalue weighted by Crippen LogP contribution is 2.43. The highest BCUT2D eigenvalue weighted by molar-refractivity contribution is 5.92. The van der Waals surface area contributed by atoms with Gasteiger partial charge in [0, 0.05) is 5.92 Å². The van der Waals surface area contributed by atoms with Gasteiger partial charge in [-0.1, -0.05) is 36.4 Å². The van der Waals surface area contributed by atoms with Gasteiger partial charge < -0.3 is 10.2 Å². The molecule has 1 aliphatic rings. The zero-order valence-corrected chi connectivity index (χ0v) is 10.7. The minimum atomic E-state index is -1.07. The third kappa shape index (κ3) is 1.93. The smallest absolute Gasteiger partial charge is 0.307 e. The number of aliphatic carboxylic acids is 2. The van der Waals surface area contributed by atoms with Crippen LogP contribution in [0.5, 0.6) is 0 Å². The molecule has 3 rings (SSSR count). The fourth-order valence-corrected chi connectivity index (χ4v) is 3.22. The minimum Gasteiger partial charge on any atom is -0.481 e. The van der Waals surface area contributed by atoms with E-state index in [-0.39, 0.29) is 12.3 Å². The van der Waals surface area contributed by atoms with E-state index in [9.17, 15) is 14.7 Å². The molecule has 0 heterocycles. The molecule has 102 valence electrons. The number of hydrogen-bond donors (Lipinski definition) is 2. The number of hydrogen-bond acceptors (Lipinski definition) is 2. The molecule has 2 N–H and O–H groups in total. The third-order valence-corrected chi connectivity index (χ3v) is 4.06. The molecule has 0 spiro atoms. The minimum absolute atomic E-state index is 0.260. The van der Waals surface area contributed by atoms with E-state index in [1.54, 1.807) is 0 Å². The van der Waals surface area contributed by atoms with Crippen LogP contribution in [0.15, 0.2) is 36.4 Å². The van der Waals surface area contributed by atoms with Crippen molar-refractivity contribution in [3.8, 4) is 0 Å². The van der Waals surface area contributed by atoms with Crippen LogP contribution in [0.25, 0.3) is 10.8 Å². The van der Waals surface area contributed by atoms with Crippen LogP contribution in [0.2, 0.25) is 0 Å². The number of carboxylic acid groups (broad SMARTS) is 2. The van der Waals surface area contributed by atoms with Gasteiger partial charge in [0.2, 0.25) is 0 Å². The Morgan fingerprint density at radius 1 is 1.15 bits per heavy atom. The number of carboxylic acids is 2. The number of carbonyl (C=O) groups is 2. The van der Waals surface area contributed by atoms with Gasteiger partial charge in [0.25, 0.3) is 0 Å². The molecular formula is C16H14O4. The Bertz CT molecular complexity index is 699. The van der Waals surface area contributed by atoms with E-state index in [2.05, 4.69) is 0 Å². The van der Waals surface area contributed by atoms with Crippen molar-refractivity contribution in [2.75, 3.05) is 0 Å². The van der Waals surface area contributed by atoms with Gasteiger partial charge in [0.1, 0.15) is 0 Å². The van der Waals surface area contributed by atoms with Gasteiger partial charge >= 0.3 is 11.9 Å². The maximum Gasteiger partial charge on any atom is 0.307 e. The fraction of sp³-hybridized carbons (Fsp3) is 0.250. The van der Waals surface area contributed by atoms with E-state index in [0.717, 1.165) is 21.9 Å². The van der Waals surface area contributed by atoms with E-state index in [1.165, 1.54) is 0 Å². The quantitative estimate of drug-likeness (QED) is 0.895. The summed E-state index contributed by atoms with van der Waals surface area (Å²) >= 11 is 0. The zero-order valence-electron chi connectivity index (χ0n) is 10.7. The van der Waals surface area contributed by atoms with Gasteiger partial charge in [0.15, 0.2) is 0 Å². The molecule has 0 saturated carbocycles. The van der Waals surface area contributed by atoms with Crippen molar-refractivity contribution < 1.29 is 19.8 Å². The normalized spacial score (nSPS) is 18.1. The van der Waals surface area contributed by atoms with E-state index < -0.39 is 17.9 Å². The van der Waals surface area contributed by atoms with Crippen molar-refractivity contribution in [2.24, 2.45) is 5.92 Å². The predicted octanol–water partition coefficient (Wildman–Crippen LogP) is 2.66. The highest BCUT2D eigenvalue weighted by Gasteiger charge is 2.36. The summed E-state index contributed by atoms with van der Waals surface area (Å²) in [5.41, 5.74) is 2.08. The first-order valence-corrected chi connectivity index (χ1v) is 6.53. The first-order chi connectivity index (χ1) is 9.58. The summed E-state index contributed by atoms with van der Waals surface area (Å²) in [6.45, 7) is 0. The fourth-order valence-electron chi connectivity index (χ4n) is 3.22. The molecule has 0 bridgehead atoms. The molecule has 0 radical (unpaired) electrons. The van der Waals surface area contributed by atoms with Crippen molar-refractivity contribution >= 4 is 22.7 Å². The van der Waals surface area contributed by atoms with Gasteiger partial charge in [-0.05, 0) is 28.3 Å². The second kappa shape index (κ2) is 4.63. The Labute approximate surface area is 115 Å². The summed E-state index contributed by atoms with van der Waals surface area (Å²) in [6.07, 6.45) is 0.255. The second-order valence-electron chi connectivity index (χ2n) is 5.22. The van der Waals surface area contributed by atoms with Crippen LogP contribution in [0.3, 0.4) is 0 Å². The van der Waals surface area contributed by atoms with Crippen LogP contribution in [-0.4, -0.2) is 22.2 Å². The molecule has 4 heteroatoms. The summed E-state index contributed by atoms with van der Waals surface area (Å²) in [7, 11) is 0. The van der Waals surface area contributed by atoms with Crippen LogP contribution in [0, 0.1) is 5.92 Å². The van der Waals surface area contributed by atoms with Crippen LogP contribution >= 0.6 is 0 Å². The lowest BCUT2D eigenvalue weighted by Crippen LogP contribution is -2.24. The summed E-state index contributed by atoms with van der Waals surface area (Å²) < 4.78 is 0. The maximum absolute atomic E-state index is 11.4. The van der Waals surface area contributed by atoms with Crippen molar-refractivity contribution in [1.29, 1.82) is 0 Å². The first-order valence-electron chi connectivity index (χ1n) is 6.53. The SMILES string of the molecule is O=C(O)C[C@H](C(=O)O)[C@@H]1Cc2cccc3cccc1c23. The van der Waals surface area contributed by atoms with Crippen LogP contribution < -0.4 is 0 Å². The molecule has 0 aliphatic heterocycles. The van der Waals surface area contributed by atoms with Crippen LogP contribution in [-0.2, 0) is 16.0 Å². The Balaban J connectivity index is 2.09. The monoisotopic (exact) mass is 270 g/mol. The van der Waals surface area contributed by atoms with E-state index in [1.807, 2.05) is 36.4 Å². The summed E-state index contributed by atoms with van der Waals surface area (Å²) in [5.74, 6) is -3.25. The van der Waals surface area contributed by atoms with Crippen molar-refractivity contribution in [3.05, 3.63) is 47.5 Å². The molecule has 2 aromatic rings. The molecule has 0 saturated heterocycles. The highest BCUT2D eigenvalue weighted by atomic mass is 16.4. The van der Waals surface area contributed by atoms with E-state index >= 15 is 0 Å². The topological polar surface area (TPSA) is 74.6 Å². The largest absolute Gasteiger partial charge is 0.481 e. The summed E-state index contributed by atoms with van der Waals surface area (Å²) in [4.78, 5) is 22.4. The molecule has 2 aromatic carbocycles. The second-order valence-corrected chi connectivity index (χ2v) is 5.22. The molecule has 0 aromatic heterocycles. The Hall–Kier alpha value is -2.36. The molecule has 4 nitrogen and oxygen atoms in total. The Morgan fingerprint density at radius 3 is 2.50 bits per heavy atom. The molecular weight excluding hydrogens is 256 g/mol. The van der Waals surface area contributed by atoms with E-state index in [0.29, 0.717) is 6.42 Å². The van der Waals surface area contributed by atoms with E-state index in [4.69, 9.17) is 5.11 Å². The number of rotatable bonds is 4. The van der Waals surface area contributed by atoms with Gasteiger partial charge in [0.05, 0.1) is 12.3 Å². The third-order valence-electron chi connectivity index (χ3n) is 4.06. The molecule has 0 fully saturated rings. The van der Waals surface area contributed by atoms with Crippen LogP contribution in [0.4, 0.5) is 0 Å². The molecule has 2 atom stereocenters. The molecule has 0 amide bonds. The number of benzene rings is 2. The van der Waals surface area contributed by atoms with Crippen molar-refractivity contribution in [1.82, 2.24) is 0 Å².